The quantitative estimate of drug-likeness (QED) is 0.595. The number of aromatic nitrogens is 2. The SMILES string of the molecule is CCOCCn1nc(CC)c(I)c1CC. The molecule has 0 aliphatic carbocycles. The zero-order valence-electron chi connectivity index (χ0n) is 9.72. The summed E-state index contributed by atoms with van der Waals surface area (Å²) < 4.78 is 8.78. The molecule has 15 heavy (non-hydrogen) atoms. The van der Waals surface area contributed by atoms with E-state index in [0.29, 0.717) is 0 Å². The summed E-state index contributed by atoms with van der Waals surface area (Å²) in [5.41, 5.74) is 2.55. The maximum Gasteiger partial charge on any atom is 0.0758 e. The van der Waals surface area contributed by atoms with E-state index in [4.69, 9.17) is 4.74 Å². The lowest BCUT2D eigenvalue weighted by molar-refractivity contribution is 0.135. The molecule has 0 atom stereocenters. The van der Waals surface area contributed by atoms with E-state index in [2.05, 4.69) is 46.2 Å². The van der Waals surface area contributed by atoms with Gasteiger partial charge in [-0.05, 0) is 42.4 Å². The number of aryl methyl sites for hydroxylation is 1. The molecule has 1 heterocycles. The molecular formula is C11H19IN2O. The van der Waals surface area contributed by atoms with E-state index in [-0.39, 0.29) is 0 Å². The van der Waals surface area contributed by atoms with E-state index < -0.39 is 0 Å². The zero-order valence-corrected chi connectivity index (χ0v) is 11.9. The van der Waals surface area contributed by atoms with Crippen LogP contribution >= 0.6 is 22.6 Å². The van der Waals surface area contributed by atoms with Gasteiger partial charge in [0.25, 0.3) is 0 Å². The number of rotatable bonds is 6. The van der Waals surface area contributed by atoms with E-state index in [1.807, 2.05) is 6.92 Å². The second-order valence-electron chi connectivity index (χ2n) is 3.33. The molecule has 0 saturated carbocycles. The van der Waals surface area contributed by atoms with Crippen molar-refractivity contribution < 1.29 is 4.74 Å². The van der Waals surface area contributed by atoms with Gasteiger partial charge in [0.15, 0.2) is 0 Å². The highest BCUT2D eigenvalue weighted by atomic mass is 127. The lowest BCUT2D eigenvalue weighted by Gasteiger charge is -2.05. The molecule has 0 amide bonds. The highest BCUT2D eigenvalue weighted by Gasteiger charge is 2.12. The summed E-state index contributed by atoms with van der Waals surface area (Å²) in [5.74, 6) is 0. The van der Waals surface area contributed by atoms with Crippen molar-refractivity contribution >= 4 is 22.6 Å². The Morgan fingerprint density at radius 2 is 2.00 bits per heavy atom. The van der Waals surface area contributed by atoms with Gasteiger partial charge in [-0.1, -0.05) is 13.8 Å². The van der Waals surface area contributed by atoms with Crippen LogP contribution in [0.15, 0.2) is 0 Å². The third kappa shape index (κ3) is 3.17. The maximum absolute atomic E-state index is 5.36. The fourth-order valence-electron chi connectivity index (χ4n) is 1.57. The van der Waals surface area contributed by atoms with Crippen molar-refractivity contribution in [2.45, 2.75) is 40.2 Å². The first-order chi connectivity index (χ1) is 7.24. The van der Waals surface area contributed by atoms with Crippen molar-refractivity contribution in [3.8, 4) is 0 Å². The monoisotopic (exact) mass is 322 g/mol. The Kier molecular flexibility index (Phi) is 5.60. The van der Waals surface area contributed by atoms with Crippen LogP contribution in [0.25, 0.3) is 0 Å². The Labute approximate surface area is 105 Å². The number of halogens is 1. The van der Waals surface area contributed by atoms with Gasteiger partial charge in [-0.25, -0.2) is 0 Å². The Balaban J connectivity index is 2.77. The van der Waals surface area contributed by atoms with Crippen LogP contribution in [0.4, 0.5) is 0 Å². The minimum absolute atomic E-state index is 0.754. The van der Waals surface area contributed by atoms with Crippen LogP contribution in [0, 0.1) is 3.57 Å². The molecule has 0 N–H and O–H groups in total. The van der Waals surface area contributed by atoms with Crippen molar-refractivity contribution in [3.63, 3.8) is 0 Å². The molecule has 86 valence electrons. The first-order valence-corrected chi connectivity index (χ1v) is 6.64. The van der Waals surface area contributed by atoms with Crippen LogP contribution in [0.1, 0.15) is 32.2 Å². The van der Waals surface area contributed by atoms with Gasteiger partial charge in [0.05, 0.1) is 28.1 Å². The molecule has 0 saturated heterocycles. The first kappa shape index (κ1) is 13.0. The average molecular weight is 322 g/mol. The highest BCUT2D eigenvalue weighted by molar-refractivity contribution is 14.1. The fraction of sp³-hybridized carbons (Fsp3) is 0.727. The molecule has 1 aromatic rings. The van der Waals surface area contributed by atoms with Gasteiger partial charge < -0.3 is 4.74 Å². The van der Waals surface area contributed by atoms with Gasteiger partial charge in [0, 0.05) is 6.61 Å². The molecule has 0 fully saturated rings. The lowest BCUT2D eigenvalue weighted by atomic mass is 10.2. The molecule has 1 aromatic heterocycles. The molecule has 0 spiro atoms. The lowest BCUT2D eigenvalue weighted by Crippen LogP contribution is -2.10. The van der Waals surface area contributed by atoms with Crippen LogP contribution < -0.4 is 0 Å². The van der Waals surface area contributed by atoms with Crippen LogP contribution in [0.2, 0.25) is 0 Å². The summed E-state index contributed by atoms with van der Waals surface area (Å²) in [6.07, 6.45) is 2.05. The van der Waals surface area contributed by atoms with E-state index in [1.54, 1.807) is 0 Å². The van der Waals surface area contributed by atoms with E-state index in [0.717, 1.165) is 32.6 Å². The Hall–Kier alpha value is -0.100. The van der Waals surface area contributed by atoms with Crippen LogP contribution in [-0.4, -0.2) is 23.0 Å². The maximum atomic E-state index is 5.36. The third-order valence-electron chi connectivity index (χ3n) is 2.38. The fourth-order valence-corrected chi connectivity index (χ4v) is 2.72. The number of ether oxygens (including phenoxy) is 1. The largest absolute Gasteiger partial charge is 0.380 e. The first-order valence-electron chi connectivity index (χ1n) is 5.56. The molecule has 0 unspecified atom stereocenters. The van der Waals surface area contributed by atoms with Crippen molar-refractivity contribution in [2.24, 2.45) is 0 Å². The van der Waals surface area contributed by atoms with Crippen LogP contribution in [0.3, 0.4) is 0 Å². The van der Waals surface area contributed by atoms with Crippen molar-refractivity contribution in [3.05, 3.63) is 15.0 Å². The summed E-state index contributed by atoms with van der Waals surface area (Å²) in [6.45, 7) is 8.75. The summed E-state index contributed by atoms with van der Waals surface area (Å²) in [4.78, 5) is 0. The van der Waals surface area contributed by atoms with Crippen molar-refractivity contribution in [2.75, 3.05) is 13.2 Å². The molecular weight excluding hydrogens is 303 g/mol. The molecule has 0 bridgehead atoms. The predicted molar refractivity (Wildman–Crippen MR) is 70.2 cm³/mol. The summed E-state index contributed by atoms with van der Waals surface area (Å²) >= 11 is 2.40. The van der Waals surface area contributed by atoms with Gasteiger partial charge in [-0.15, -0.1) is 0 Å². The Morgan fingerprint density at radius 1 is 1.27 bits per heavy atom. The van der Waals surface area contributed by atoms with Crippen molar-refractivity contribution in [1.82, 2.24) is 9.78 Å². The molecule has 4 heteroatoms. The number of nitrogens with zero attached hydrogens (tertiary/aromatic N) is 2. The molecule has 3 nitrogen and oxygen atoms in total. The molecule has 0 radical (unpaired) electrons. The topological polar surface area (TPSA) is 27.1 Å². The Bertz CT molecular complexity index is 310. The molecule has 0 aromatic carbocycles. The smallest absolute Gasteiger partial charge is 0.0758 e. The van der Waals surface area contributed by atoms with Gasteiger partial charge in [-0.3, -0.25) is 4.68 Å². The number of hydrogen-bond donors (Lipinski definition) is 0. The minimum Gasteiger partial charge on any atom is -0.380 e. The third-order valence-corrected chi connectivity index (χ3v) is 3.63. The van der Waals surface area contributed by atoms with Gasteiger partial charge in [0.2, 0.25) is 0 Å². The average Bonchev–Trinajstić information content (AvgIpc) is 2.55. The predicted octanol–water partition coefficient (Wildman–Crippen LogP) is 2.65. The standard InChI is InChI=1S/C11H19IN2O/c1-4-9-11(12)10(5-2)14(13-9)7-8-15-6-3/h4-8H2,1-3H3. The van der Waals surface area contributed by atoms with Crippen molar-refractivity contribution in [1.29, 1.82) is 0 Å². The van der Waals surface area contributed by atoms with E-state index >= 15 is 0 Å². The highest BCUT2D eigenvalue weighted by Crippen LogP contribution is 2.18. The second kappa shape index (κ2) is 6.48. The summed E-state index contributed by atoms with van der Waals surface area (Å²) in [7, 11) is 0. The van der Waals surface area contributed by atoms with E-state index in [1.165, 1.54) is 15.0 Å². The molecule has 0 aliphatic heterocycles. The van der Waals surface area contributed by atoms with Crippen LogP contribution in [0.5, 0.6) is 0 Å². The van der Waals surface area contributed by atoms with Crippen LogP contribution in [-0.2, 0) is 24.1 Å². The minimum atomic E-state index is 0.754. The zero-order chi connectivity index (χ0) is 11.3. The number of hydrogen-bond acceptors (Lipinski definition) is 2. The van der Waals surface area contributed by atoms with Gasteiger partial charge in [-0.2, -0.15) is 5.10 Å². The van der Waals surface area contributed by atoms with Gasteiger partial charge >= 0.3 is 0 Å². The molecule has 1 rings (SSSR count). The second-order valence-corrected chi connectivity index (χ2v) is 4.41. The normalized spacial score (nSPS) is 10.9. The summed E-state index contributed by atoms with van der Waals surface area (Å²) in [6, 6.07) is 0. The van der Waals surface area contributed by atoms with E-state index in [9.17, 15) is 0 Å². The molecule has 0 aliphatic rings. The summed E-state index contributed by atoms with van der Waals surface area (Å²) in [5, 5.41) is 4.60. The van der Waals surface area contributed by atoms with Gasteiger partial charge in [0.1, 0.15) is 0 Å². The Morgan fingerprint density at radius 3 is 2.53 bits per heavy atom.